The number of rotatable bonds is 6. The van der Waals surface area contributed by atoms with Gasteiger partial charge in [-0.15, -0.1) is 0 Å². The van der Waals surface area contributed by atoms with Gasteiger partial charge in [0.2, 0.25) is 0 Å². The number of hydrogen-bond acceptors (Lipinski definition) is 6. The van der Waals surface area contributed by atoms with Gasteiger partial charge in [-0.1, -0.05) is 24.5 Å². The van der Waals surface area contributed by atoms with Crippen LogP contribution >= 0.6 is 18.5 Å². The Bertz CT molecular complexity index is 990. The Kier molecular flexibility index (Phi) is 5.88. The van der Waals surface area contributed by atoms with Gasteiger partial charge in [0.15, 0.2) is 5.15 Å². The van der Waals surface area contributed by atoms with Crippen LogP contribution in [0.3, 0.4) is 0 Å². The van der Waals surface area contributed by atoms with E-state index in [4.69, 9.17) is 4.74 Å². The van der Waals surface area contributed by atoms with Crippen molar-refractivity contribution >= 4 is 18.5 Å². The van der Waals surface area contributed by atoms with Gasteiger partial charge in [-0.3, -0.25) is 9.78 Å². The molecule has 0 amide bonds. The summed E-state index contributed by atoms with van der Waals surface area (Å²) in [5, 5.41) is 2.74. The highest BCUT2D eigenvalue weighted by molar-refractivity contribution is 7.39. The lowest BCUT2D eigenvalue weighted by atomic mass is 10.2. The van der Waals surface area contributed by atoms with Crippen LogP contribution in [-0.2, 0) is 6.54 Å². The molecule has 0 bridgehead atoms. The third kappa shape index (κ3) is 5.59. The fraction of sp³-hybridized carbons (Fsp3) is 0.235. The number of aryl methyl sites for hydroxylation is 1. The second-order valence-electron chi connectivity index (χ2n) is 6.05. The Morgan fingerprint density at radius 1 is 1.19 bits per heavy atom. The quantitative estimate of drug-likeness (QED) is 0.585. The average Bonchev–Trinajstić information content (AvgIpc) is 2.62. The molecule has 0 saturated heterocycles. The molecule has 2 atom stereocenters. The molecule has 0 radical (unpaired) electrons. The van der Waals surface area contributed by atoms with Gasteiger partial charge in [0.1, 0.15) is 6.61 Å². The van der Waals surface area contributed by atoms with E-state index >= 15 is 0 Å². The molecule has 27 heavy (non-hydrogen) atoms. The Morgan fingerprint density at radius 3 is 2.59 bits per heavy atom. The summed E-state index contributed by atoms with van der Waals surface area (Å²) in [6, 6.07) is 5.05. The SMILES string of the molecule is Cc1cncc(Cn2nc(-c3cnc(OCC(F)(P)P)nc3)ccc2=O)c1. The van der Waals surface area contributed by atoms with Crippen LogP contribution in [0.2, 0.25) is 0 Å². The molecule has 3 aromatic rings. The third-order valence-electron chi connectivity index (χ3n) is 3.48. The molecular formula is C17H18FN5O2P2. The molecule has 0 aromatic carbocycles. The lowest BCUT2D eigenvalue weighted by Crippen LogP contribution is -2.23. The van der Waals surface area contributed by atoms with Crippen molar-refractivity contribution in [2.75, 3.05) is 6.61 Å². The van der Waals surface area contributed by atoms with Crippen molar-refractivity contribution in [3.63, 3.8) is 0 Å². The van der Waals surface area contributed by atoms with Crippen molar-refractivity contribution in [1.82, 2.24) is 24.7 Å². The number of ether oxygens (including phenoxy) is 1. The first kappa shape index (κ1) is 19.5. The van der Waals surface area contributed by atoms with Gasteiger partial charge in [-0.2, -0.15) is 5.10 Å². The number of nitrogens with zero attached hydrogens (tertiary/aromatic N) is 5. The van der Waals surface area contributed by atoms with Crippen molar-refractivity contribution in [2.45, 2.75) is 18.6 Å². The molecule has 0 saturated carbocycles. The fourth-order valence-corrected chi connectivity index (χ4v) is 2.46. The molecule has 0 N–H and O–H groups in total. The van der Waals surface area contributed by atoms with E-state index in [9.17, 15) is 9.18 Å². The van der Waals surface area contributed by atoms with E-state index in [2.05, 4.69) is 20.1 Å². The molecule has 3 aromatic heterocycles. The van der Waals surface area contributed by atoms with Crippen LogP contribution in [0.5, 0.6) is 6.01 Å². The minimum Gasteiger partial charge on any atom is -0.459 e. The summed E-state index contributed by atoms with van der Waals surface area (Å²) in [5.41, 5.74) is 2.82. The van der Waals surface area contributed by atoms with E-state index in [-0.39, 0.29) is 18.2 Å². The normalized spacial score (nSPS) is 11.4. The van der Waals surface area contributed by atoms with Crippen LogP contribution < -0.4 is 10.3 Å². The molecule has 3 rings (SSSR count). The third-order valence-corrected chi connectivity index (χ3v) is 3.81. The van der Waals surface area contributed by atoms with E-state index in [1.807, 2.05) is 31.5 Å². The lowest BCUT2D eigenvalue weighted by Gasteiger charge is -2.13. The zero-order chi connectivity index (χ0) is 19.4. The smallest absolute Gasteiger partial charge is 0.316 e. The second-order valence-corrected chi connectivity index (χ2v) is 8.64. The maximum Gasteiger partial charge on any atom is 0.316 e. The van der Waals surface area contributed by atoms with E-state index in [0.717, 1.165) is 11.1 Å². The van der Waals surface area contributed by atoms with Gasteiger partial charge in [0.25, 0.3) is 5.56 Å². The zero-order valence-electron chi connectivity index (χ0n) is 14.5. The minimum absolute atomic E-state index is 0.0600. The highest BCUT2D eigenvalue weighted by Crippen LogP contribution is 2.28. The summed E-state index contributed by atoms with van der Waals surface area (Å²) in [6.07, 6.45) is 6.48. The van der Waals surface area contributed by atoms with Crippen LogP contribution in [0.15, 0.2) is 47.8 Å². The highest BCUT2D eigenvalue weighted by Gasteiger charge is 2.17. The summed E-state index contributed by atoms with van der Waals surface area (Å²) in [4.78, 5) is 24.3. The molecule has 10 heteroatoms. The minimum atomic E-state index is -1.64. The molecule has 0 aliphatic carbocycles. The van der Waals surface area contributed by atoms with Crippen LogP contribution in [0, 0.1) is 6.92 Å². The summed E-state index contributed by atoms with van der Waals surface area (Å²) >= 11 is 0. The summed E-state index contributed by atoms with van der Waals surface area (Å²) < 4.78 is 19.9. The number of hydrogen-bond donors (Lipinski definition) is 0. The first-order chi connectivity index (χ1) is 12.8. The van der Waals surface area contributed by atoms with Crippen molar-refractivity contribution in [3.05, 3.63) is 64.5 Å². The Hall–Kier alpha value is -2.30. The Morgan fingerprint density at radius 2 is 1.93 bits per heavy atom. The maximum absolute atomic E-state index is 13.4. The van der Waals surface area contributed by atoms with Crippen molar-refractivity contribution < 1.29 is 9.13 Å². The van der Waals surface area contributed by atoms with Crippen LogP contribution in [-0.4, -0.2) is 36.5 Å². The Labute approximate surface area is 159 Å². The second kappa shape index (κ2) is 8.15. The van der Waals surface area contributed by atoms with Crippen LogP contribution in [0.1, 0.15) is 11.1 Å². The molecule has 0 fully saturated rings. The van der Waals surface area contributed by atoms with Crippen LogP contribution in [0.4, 0.5) is 4.39 Å². The van der Waals surface area contributed by atoms with Crippen molar-refractivity contribution in [1.29, 1.82) is 0 Å². The van der Waals surface area contributed by atoms with E-state index in [1.165, 1.54) is 23.1 Å². The highest BCUT2D eigenvalue weighted by atomic mass is 31.1. The number of pyridine rings is 1. The number of alkyl halides is 1. The molecule has 3 heterocycles. The largest absolute Gasteiger partial charge is 0.459 e. The average molecular weight is 405 g/mol. The molecule has 0 spiro atoms. The van der Waals surface area contributed by atoms with Crippen molar-refractivity contribution in [2.24, 2.45) is 0 Å². The first-order valence-corrected chi connectivity index (χ1v) is 9.16. The summed E-state index contributed by atoms with van der Waals surface area (Å²) in [7, 11) is 4.02. The van der Waals surface area contributed by atoms with Crippen molar-refractivity contribution in [3.8, 4) is 17.3 Å². The first-order valence-electron chi connectivity index (χ1n) is 8.01. The molecule has 0 aliphatic rings. The molecule has 140 valence electrons. The Balaban J connectivity index is 1.80. The fourth-order valence-electron chi connectivity index (χ4n) is 2.29. The number of aromatic nitrogens is 5. The van der Waals surface area contributed by atoms with Gasteiger partial charge in [0.05, 0.1) is 12.2 Å². The van der Waals surface area contributed by atoms with Gasteiger partial charge >= 0.3 is 6.01 Å². The standard InChI is InChI=1S/C17H18FN5O2P2/c1-11-4-12(6-19-5-11)9-23-15(24)3-2-14(22-23)13-7-20-16(21-8-13)25-10-17(18,26)27/h2-8H,9-10,26-27H2,1H3. The predicted octanol–water partition coefficient (Wildman–Crippen LogP) is 2.20. The van der Waals surface area contributed by atoms with E-state index in [0.29, 0.717) is 17.8 Å². The maximum atomic E-state index is 13.4. The topological polar surface area (TPSA) is 82.8 Å². The zero-order valence-corrected chi connectivity index (χ0v) is 16.9. The summed E-state index contributed by atoms with van der Waals surface area (Å²) in [5.74, 6) is 0. The van der Waals surface area contributed by atoms with Crippen LogP contribution in [0.25, 0.3) is 11.3 Å². The monoisotopic (exact) mass is 405 g/mol. The van der Waals surface area contributed by atoms with Gasteiger partial charge in [0, 0.05) is 36.4 Å². The molecule has 0 aliphatic heterocycles. The van der Waals surface area contributed by atoms with E-state index in [1.54, 1.807) is 18.5 Å². The predicted molar refractivity (Wildman–Crippen MR) is 106 cm³/mol. The van der Waals surface area contributed by atoms with Gasteiger partial charge < -0.3 is 4.74 Å². The van der Waals surface area contributed by atoms with Gasteiger partial charge in [-0.05, 0) is 24.1 Å². The summed E-state index contributed by atoms with van der Waals surface area (Å²) in [6.45, 7) is 2.03. The number of halogens is 1. The molecule has 7 nitrogen and oxygen atoms in total. The van der Waals surface area contributed by atoms with Gasteiger partial charge in [-0.25, -0.2) is 19.0 Å². The lowest BCUT2D eigenvalue weighted by molar-refractivity contribution is 0.218. The van der Waals surface area contributed by atoms with E-state index < -0.39 is 5.15 Å². The molecular weight excluding hydrogens is 387 g/mol. The molecule has 2 unspecified atom stereocenters.